The van der Waals surface area contributed by atoms with E-state index in [0.717, 1.165) is 5.56 Å². The first kappa shape index (κ1) is 18.6. The van der Waals surface area contributed by atoms with E-state index in [9.17, 15) is 9.59 Å². The predicted octanol–water partition coefficient (Wildman–Crippen LogP) is 4.31. The third kappa shape index (κ3) is 5.13. The number of aryl methyl sites for hydroxylation is 1. The van der Waals surface area contributed by atoms with Crippen molar-refractivity contribution < 1.29 is 14.3 Å². The minimum atomic E-state index is -1.89. The van der Waals surface area contributed by atoms with Crippen LogP contribution in [0.3, 0.4) is 0 Å². The molecule has 0 aliphatic carbocycles. The number of carbonyl (C=O) groups excluding carboxylic acids is 2. The molecule has 0 aromatic heterocycles. The van der Waals surface area contributed by atoms with Crippen molar-refractivity contribution in [2.45, 2.75) is 16.9 Å². The molecule has 0 spiro atoms. The molecule has 1 atom stereocenters. The molecular weight excluding hydrogens is 373 g/mol. The van der Waals surface area contributed by atoms with E-state index < -0.39 is 15.9 Å². The molecule has 7 heteroatoms. The smallest absolute Gasteiger partial charge is 0.254 e. The highest BCUT2D eigenvalue weighted by Gasteiger charge is 2.36. The molecular formula is C17H14Cl3NO3. The Morgan fingerprint density at radius 2 is 1.67 bits per heavy atom. The Morgan fingerprint density at radius 1 is 1.08 bits per heavy atom. The molecule has 2 rings (SSSR count). The first-order chi connectivity index (χ1) is 11.3. The van der Waals surface area contributed by atoms with Crippen molar-refractivity contribution in [2.24, 2.45) is 0 Å². The number of ether oxygens (including phenoxy) is 1. The molecule has 2 aromatic carbocycles. The van der Waals surface area contributed by atoms with E-state index in [-0.39, 0.29) is 0 Å². The number of alkyl halides is 3. The summed E-state index contributed by atoms with van der Waals surface area (Å²) in [5.41, 5.74) is 1.92. The van der Waals surface area contributed by atoms with E-state index in [0.29, 0.717) is 23.2 Å². The second kappa shape index (κ2) is 7.88. The van der Waals surface area contributed by atoms with Crippen LogP contribution >= 0.6 is 34.8 Å². The van der Waals surface area contributed by atoms with E-state index in [1.807, 2.05) is 6.92 Å². The maximum absolute atomic E-state index is 12.3. The molecule has 0 aliphatic rings. The molecule has 0 fully saturated rings. The molecule has 0 saturated carbocycles. The normalized spacial score (nSPS) is 12.3. The molecule has 4 nitrogen and oxygen atoms in total. The average Bonchev–Trinajstić information content (AvgIpc) is 2.54. The Morgan fingerprint density at radius 3 is 2.17 bits per heavy atom. The molecule has 2 aromatic rings. The fraction of sp³-hybridized carbons (Fsp3) is 0.176. The van der Waals surface area contributed by atoms with Crippen LogP contribution in [0.2, 0.25) is 0 Å². The summed E-state index contributed by atoms with van der Waals surface area (Å²) in [6.07, 6.45) is -0.506. The summed E-state index contributed by atoms with van der Waals surface area (Å²) in [7, 11) is 0. The van der Waals surface area contributed by atoms with Gasteiger partial charge in [0.1, 0.15) is 12.0 Å². The van der Waals surface area contributed by atoms with E-state index in [1.54, 1.807) is 48.5 Å². The number of amides is 1. The van der Waals surface area contributed by atoms with Gasteiger partial charge in [0.05, 0.1) is 0 Å². The number of aldehydes is 1. The van der Waals surface area contributed by atoms with Gasteiger partial charge in [0, 0.05) is 11.1 Å². The Bertz CT molecular complexity index is 709. The van der Waals surface area contributed by atoms with Crippen LogP contribution in [0, 0.1) is 6.92 Å². The first-order valence-electron chi connectivity index (χ1n) is 6.96. The van der Waals surface area contributed by atoms with Crippen molar-refractivity contribution in [1.29, 1.82) is 0 Å². The number of carbonyl (C=O) groups is 2. The summed E-state index contributed by atoms with van der Waals surface area (Å²) in [5, 5.41) is 2.54. The number of nitrogens with one attached hydrogen (secondary N) is 1. The van der Waals surface area contributed by atoms with Crippen LogP contribution in [0.25, 0.3) is 0 Å². The highest BCUT2D eigenvalue weighted by Crippen LogP contribution is 2.32. The Hall–Kier alpha value is -1.75. The van der Waals surface area contributed by atoms with Crippen LogP contribution in [0.15, 0.2) is 48.5 Å². The second-order valence-corrected chi connectivity index (χ2v) is 7.43. The third-order valence-corrected chi connectivity index (χ3v) is 3.74. The lowest BCUT2D eigenvalue weighted by Crippen LogP contribution is -2.47. The van der Waals surface area contributed by atoms with Crippen molar-refractivity contribution in [3.63, 3.8) is 0 Å². The fourth-order valence-corrected chi connectivity index (χ4v) is 2.14. The van der Waals surface area contributed by atoms with Crippen LogP contribution < -0.4 is 10.1 Å². The van der Waals surface area contributed by atoms with E-state index in [4.69, 9.17) is 39.5 Å². The number of rotatable bonds is 5. The fourth-order valence-electron chi connectivity index (χ4n) is 1.85. The first-order valence-corrected chi connectivity index (χ1v) is 8.09. The second-order valence-electron chi connectivity index (χ2n) is 5.07. The van der Waals surface area contributed by atoms with Gasteiger partial charge in [-0.15, -0.1) is 0 Å². The summed E-state index contributed by atoms with van der Waals surface area (Å²) in [6.45, 7) is 1.91. The van der Waals surface area contributed by atoms with Gasteiger partial charge in [0.15, 0.2) is 0 Å². The maximum Gasteiger partial charge on any atom is 0.254 e. The Labute approximate surface area is 154 Å². The number of benzene rings is 2. The van der Waals surface area contributed by atoms with E-state index >= 15 is 0 Å². The molecule has 0 saturated heterocycles. The Kier molecular flexibility index (Phi) is 6.10. The van der Waals surface area contributed by atoms with Crippen molar-refractivity contribution in [3.05, 3.63) is 65.2 Å². The summed E-state index contributed by atoms with van der Waals surface area (Å²) in [4.78, 5) is 23.0. The van der Waals surface area contributed by atoms with Gasteiger partial charge in [-0.05, 0) is 43.3 Å². The summed E-state index contributed by atoms with van der Waals surface area (Å²) in [6, 6.07) is 13.1. The molecule has 24 heavy (non-hydrogen) atoms. The van der Waals surface area contributed by atoms with Crippen molar-refractivity contribution in [1.82, 2.24) is 5.32 Å². The summed E-state index contributed by atoms with van der Waals surface area (Å²) >= 11 is 17.7. The van der Waals surface area contributed by atoms with Crippen LogP contribution in [-0.2, 0) is 0 Å². The van der Waals surface area contributed by atoms with Crippen LogP contribution in [-0.4, -0.2) is 22.2 Å². The predicted molar refractivity (Wildman–Crippen MR) is 95.2 cm³/mol. The number of hydrogen-bond donors (Lipinski definition) is 1. The van der Waals surface area contributed by atoms with Gasteiger partial charge in [-0.2, -0.15) is 0 Å². The third-order valence-electron chi connectivity index (χ3n) is 3.14. The van der Waals surface area contributed by atoms with Gasteiger partial charge in [-0.25, -0.2) is 0 Å². The number of hydrogen-bond acceptors (Lipinski definition) is 3. The van der Waals surface area contributed by atoms with Gasteiger partial charge >= 0.3 is 0 Å². The Balaban J connectivity index is 2.14. The molecule has 126 valence electrons. The topological polar surface area (TPSA) is 55.4 Å². The molecule has 0 bridgehead atoms. The van der Waals surface area contributed by atoms with Crippen molar-refractivity contribution >= 4 is 47.0 Å². The standard InChI is InChI=1S/C17H14Cl3NO3/c1-11-2-6-13(7-3-11)15(23)21-16(17(18,19)20)24-14-8-4-12(10-22)5-9-14/h2-10,16H,1H3,(H,21,23)/t16-/m0/s1. The maximum atomic E-state index is 12.3. The zero-order chi connectivity index (χ0) is 17.7. The summed E-state index contributed by atoms with van der Waals surface area (Å²) < 4.78 is 3.67. The van der Waals surface area contributed by atoms with Crippen LogP contribution in [0.4, 0.5) is 0 Å². The highest BCUT2D eigenvalue weighted by molar-refractivity contribution is 6.68. The quantitative estimate of drug-likeness (QED) is 0.473. The molecule has 1 amide bonds. The van der Waals surface area contributed by atoms with Crippen LogP contribution in [0.1, 0.15) is 26.3 Å². The lowest BCUT2D eigenvalue weighted by molar-refractivity contribution is 0.0833. The lowest BCUT2D eigenvalue weighted by atomic mass is 10.1. The van der Waals surface area contributed by atoms with Crippen LogP contribution in [0.5, 0.6) is 5.75 Å². The molecule has 1 N–H and O–H groups in total. The minimum Gasteiger partial charge on any atom is -0.466 e. The SMILES string of the molecule is Cc1ccc(C(=O)N[C@@H](Oc2ccc(C=O)cc2)C(Cl)(Cl)Cl)cc1. The average molecular weight is 387 g/mol. The van der Waals surface area contributed by atoms with E-state index in [1.165, 1.54) is 0 Å². The van der Waals surface area contributed by atoms with Crippen molar-refractivity contribution in [2.75, 3.05) is 0 Å². The molecule has 0 heterocycles. The molecule has 0 radical (unpaired) electrons. The minimum absolute atomic E-state index is 0.348. The van der Waals surface area contributed by atoms with Gasteiger partial charge < -0.3 is 10.1 Å². The van der Waals surface area contributed by atoms with E-state index in [2.05, 4.69) is 5.32 Å². The molecule has 0 unspecified atom stereocenters. The highest BCUT2D eigenvalue weighted by atomic mass is 35.6. The zero-order valence-corrected chi connectivity index (χ0v) is 14.9. The zero-order valence-electron chi connectivity index (χ0n) is 12.6. The summed E-state index contributed by atoms with van der Waals surface area (Å²) in [5.74, 6) is -0.0861. The number of halogens is 3. The van der Waals surface area contributed by atoms with Crippen molar-refractivity contribution in [3.8, 4) is 5.75 Å². The lowest BCUT2D eigenvalue weighted by Gasteiger charge is -2.26. The van der Waals surface area contributed by atoms with Gasteiger partial charge in [-0.1, -0.05) is 52.5 Å². The van der Waals surface area contributed by atoms with Gasteiger partial charge in [-0.3, -0.25) is 9.59 Å². The van der Waals surface area contributed by atoms with Gasteiger partial charge in [0.2, 0.25) is 10.0 Å². The van der Waals surface area contributed by atoms with Gasteiger partial charge in [0.25, 0.3) is 5.91 Å². The molecule has 0 aliphatic heterocycles. The largest absolute Gasteiger partial charge is 0.466 e. The monoisotopic (exact) mass is 385 g/mol.